The number of hydrogen-bond donors (Lipinski definition) is 1. The van der Waals surface area contributed by atoms with E-state index in [0.29, 0.717) is 54.0 Å². The molecule has 0 atom stereocenters. The maximum Gasteiger partial charge on any atom is 0.361 e. The van der Waals surface area contributed by atoms with Crippen molar-refractivity contribution >= 4 is 45.9 Å². The maximum atomic E-state index is 12.6. The van der Waals surface area contributed by atoms with Gasteiger partial charge < -0.3 is 27.6 Å². The fourth-order valence-electron chi connectivity index (χ4n) is 4.34. The minimum absolute atomic E-state index is 0.0536. The SMILES string of the molecule is CCOC(=O)C[N+](C)(C)CCCCCC(=O)NCCC[Si](C[Si](=O)CC)(C[Si](=O)CC)O[Si](C)(C)C. The Balaban J connectivity index is 4.60. The van der Waals surface area contributed by atoms with Gasteiger partial charge in [0, 0.05) is 24.3 Å². The fourth-order valence-corrected chi connectivity index (χ4v) is 23.4. The minimum Gasteiger partial charge on any atom is -0.462 e. The van der Waals surface area contributed by atoms with Crippen LogP contribution < -0.4 is 5.32 Å². The summed E-state index contributed by atoms with van der Waals surface area (Å²) in [6.07, 6.45) is 3.98. The third-order valence-corrected chi connectivity index (χ3v) is 21.3. The van der Waals surface area contributed by atoms with Crippen LogP contribution in [-0.4, -0.2) is 90.7 Å². The predicted molar refractivity (Wildman–Crippen MR) is 153 cm³/mol. The number of hydrogen-bond acceptors (Lipinski definition) is 6. The lowest BCUT2D eigenvalue weighted by atomic mass is 10.1. The molecule has 0 bridgehead atoms. The lowest BCUT2D eigenvalue weighted by molar-refractivity contribution is -0.883. The Bertz CT molecular complexity index is 695. The van der Waals surface area contributed by atoms with Gasteiger partial charge >= 0.3 is 5.97 Å². The van der Waals surface area contributed by atoms with E-state index in [-0.39, 0.29) is 11.9 Å². The van der Waals surface area contributed by atoms with Crippen molar-refractivity contribution in [3.63, 3.8) is 0 Å². The molecular formula is C24H53N2O6Si4+. The van der Waals surface area contributed by atoms with E-state index < -0.39 is 34.0 Å². The standard InChI is InChI=1S/C24H52N2O6Si4/c1-9-31-24(28)20-26(4,5)18-14-12-13-16-23(27)25-17-15-19-36(21-33(29)10-2,22-34(30)11-3)32-35(6,7)8/h9-22H2,1-8H3/p+1. The maximum absolute atomic E-state index is 12.6. The first kappa shape index (κ1) is 35.3. The van der Waals surface area contributed by atoms with Crippen molar-refractivity contribution in [1.82, 2.24) is 5.32 Å². The minimum atomic E-state index is -2.40. The van der Waals surface area contributed by atoms with Gasteiger partial charge in [0.2, 0.25) is 5.91 Å². The summed E-state index contributed by atoms with van der Waals surface area (Å²) in [6, 6.07) is 2.13. The van der Waals surface area contributed by atoms with E-state index in [9.17, 15) is 18.5 Å². The first-order chi connectivity index (χ1) is 16.7. The summed E-state index contributed by atoms with van der Waals surface area (Å²) in [7, 11) is -3.70. The van der Waals surface area contributed by atoms with E-state index in [2.05, 4.69) is 25.0 Å². The van der Waals surface area contributed by atoms with E-state index in [0.717, 1.165) is 38.3 Å². The first-order valence-corrected chi connectivity index (χ1v) is 23.2. The number of nitrogens with one attached hydrogen (secondary N) is 1. The molecule has 36 heavy (non-hydrogen) atoms. The molecule has 0 heterocycles. The van der Waals surface area contributed by atoms with Crippen LogP contribution in [0.25, 0.3) is 0 Å². The summed E-state index contributed by atoms with van der Waals surface area (Å²) in [6.45, 7) is 14.4. The smallest absolute Gasteiger partial charge is 0.361 e. The zero-order valence-electron chi connectivity index (χ0n) is 24.3. The van der Waals surface area contributed by atoms with Gasteiger partial charge in [0.1, 0.15) is 0 Å². The second kappa shape index (κ2) is 17.8. The zero-order valence-corrected chi connectivity index (χ0v) is 28.3. The van der Waals surface area contributed by atoms with Crippen molar-refractivity contribution in [3.8, 4) is 0 Å². The van der Waals surface area contributed by atoms with Crippen LogP contribution in [0.3, 0.4) is 0 Å². The summed E-state index contributed by atoms with van der Waals surface area (Å²) in [4.78, 5) is 24.0. The van der Waals surface area contributed by atoms with Crippen LogP contribution in [0.1, 0.15) is 52.9 Å². The van der Waals surface area contributed by atoms with Crippen molar-refractivity contribution in [3.05, 3.63) is 0 Å². The topological polar surface area (TPSA) is 98.8 Å². The number of ether oxygens (including phenoxy) is 1. The molecule has 1 N–H and O–H groups in total. The average molecular weight is 578 g/mol. The Hall–Kier alpha value is -0.672. The Morgan fingerprint density at radius 2 is 1.47 bits per heavy atom. The number of amides is 1. The number of esters is 1. The molecule has 0 unspecified atom stereocenters. The number of unbranched alkanes of at least 4 members (excludes halogenated alkanes) is 2. The summed E-state index contributed by atoms with van der Waals surface area (Å²) < 4.78 is 37.6. The quantitative estimate of drug-likeness (QED) is 0.0936. The second-order valence-electron chi connectivity index (χ2n) is 11.4. The largest absolute Gasteiger partial charge is 0.462 e. The number of rotatable bonds is 21. The van der Waals surface area contributed by atoms with Crippen molar-refractivity contribution in [2.24, 2.45) is 0 Å². The van der Waals surface area contributed by atoms with Gasteiger partial charge in [-0.3, -0.25) is 4.79 Å². The van der Waals surface area contributed by atoms with Gasteiger partial charge in [-0.15, -0.1) is 0 Å². The van der Waals surface area contributed by atoms with Crippen molar-refractivity contribution in [1.29, 1.82) is 0 Å². The molecular weight excluding hydrogens is 525 g/mol. The number of quaternary nitrogens is 1. The van der Waals surface area contributed by atoms with Gasteiger partial charge in [-0.1, -0.05) is 13.8 Å². The average Bonchev–Trinajstić information content (AvgIpc) is 2.74. The highest BCUT2D eigenvalue weighted by molar-refractivity contribution is 6.94. The summed E-state index contributed by atoms with van der Waals surface area (Å²) in [5, 5.41) is 3.03. The van der Waals surface area contributed by atoms with Gasteiger partial charge in [0.25, 0.3) is 17.4 Å². The number of carbonyl (C=O) groups excluding carboxylic acids is 2. The monoisotopic (exact) mass is 577 g/mol. The molecule has 1 amide bonds. The molecule has 0 fully saturated rings. The molecule has 0 aliphatic carbocycles. The number of likely N-dealkylation sites (N-methyl/N-ethyl adjacent to an activating group) is 1. The zero-order chi connectivity index (χ0) is 27.8. The molecule has 0 radical (unpaired) electrons. The summed E-state index contributed by atoms with van der Waals surface area (Å²) >= 11 is 0. The van der Waals surface area contributed by atoms with Crippen molar-refractivity contribution in [2.75, 3.05) is 40.3 Å². The van der Waals surface area contributed by atoms with Crippen LogP contribution >= 0.6 is 0 Å². The van der Waals surface area contributed by atoms with Crippen LogP contribution in [0.5, 0.6) is 0 Å². The second-order valence-corrected chi connectivity index (χ2v) is 25.7. The molecule has 210 valence electrons. The number of carbonyl (C=O) groups is 2. The number of nitrogens with zero attached hydrogens (tertiary/aromatic N) is 1. The normalized spacial score (nSPS) is 12.3. The van der Waals surface area contributed by atoms with Gasteiger partial charge in [0.15, 0.2) is 23.2 Å². The van der Waals surface area contributed by atoms with Gasteiger partial charge in [-0.2, -0.15) is 0 Å². The fraction of sp³-hybridized carbons (Fsp3) is 0.917. The third-order valence-electron chi connectivity index (χ3n) is 6.01. The molecule has 0 aromatic heterocycles. The lowest BCUT2D eigenvalue weighted by Crippen LogP contribution is -2.50. The molecule has 0 saturated carbocycles. The Morgan fingerprint density at radius 1 is 0.889 bits per heavy atom. The van der Waals surface area contributed by atoms with Crippen LogP contribution in [0.15, 0.2) is 0 Å². The molecule has 0 aliphatic heterocycles. The van der Waals surface area contributed by atoms with E-state index in [1.54, 1.807) is 0 Å². The van der Waals surface area contributed by atoms with Crippen LogP contribution in [0.4, 0.5) is 0 Å². The van der Waals surface area contributed by atoms with Gasteiger partial charge in [0.05, 0.1) is 27.2 Å². The molecule has 0 aromatic rings. The third kappa shape index (κ3) is 17.7. The Labute approximate surface area is 225 Å². The first-order valence-electron chi connectivity index (χ1n) is 13.7. The lowest BCUT2D eigenvalue weighted by Gasteiger charge is -2.37. The molecule has 0 rings (SSSR count). The van der Waals surface area contributed by atoms with Gasteiger partial charge in [-0.25, -0.2) is 4.79 Å². The van der Waals surface area contributed by atoms with Gasteiger partial charge in [-0.05, 0) is 70.4 Å². The van der Waals surface area contributed by atoms with E-state index in [1.807, 2.05) is 34.9 Å². The molecule has 0 saturated heterocycles. The molecule has 0 aromatic carbocycles. The molecule has 0 spiro atoms. The highest BCUT2D eigenvalue weighted by Gasteiger charge is 2.42. The van der Waals surface area contributed by atoms with E-state index in [4.69, 9.17) is 8.85 Å². The van der Waals surface area contributed by atoms with Crippen molar-refractivity contribution in [2.45, 2.75) is 102 Å². The van der Waals surface area contributed by atoms with E-state index >= 15 is 0 Å². The molecule has 12 heteroatoms. The summed E-state index contributed by atoms with van der Waals surface area (Å²) in [5.74, 6) is -0.119. The highest BCUT2D eigenvalue weighted by Crippen LogP contribution is 2.29. The van der Waals surface area contributed by atoms with Crippen LogP contribution in [0.2, 0.25) is 49.1 Å². The molecule has 0 aliphatic rings. The highest BCUT2D eigenvalue weighted by atomic mass is 28.5. The summed E-state index contributed by atoms with van der Waals surface area (Å²) in [5.41, 5.74) is 1.24. The molecule has 8 nitrogen and oxygen atoms in total. The predicted octanol–water partition coefficient (Wildman–Crippen LogP) is 4.45. The Kier molecular flexibility index (Phi) is 17.4. The van der Waals surface area contributed by atoms with Crippen LogP contribution in [0, 0.1) is 0 Å². The van der Waals surface area contributed by atoms with Crippen LogP contribution in [-0.2, 0) is 27.4 Å². The Morgan fingerprint density at radius 3 is 1.97 bits per heavy atom. The van der Waals surface area contributed by atoms with E-state index in [1.165, 1.54) is 0 Å². The van der Waals surface area contributed by atoms with Crippen molar-refractivity contribution < 1.29 is 31.8 Å².